The molecule has 1 aliphatic rings. The van der Waals surface area contributed by atoms with Gasteiger partial charge in [-0.3, -0.25) is 9.88 Å². The molecule has 1 aromatic heterocycles. The van der Waals surface area contributed by atoms with Crippen molar-refractivity contribution in [3.8, 4) is 11.5 Å². The molecule has 1 aromatic carbocycles. The van der Waals surface area contributed by atoms with E-state index in [-0.39, 0.29) is 0 Å². The fourth-order valence-electron chi connectivity index (χ4n) is 2.35. The number of hydrogen-bond donors (Lipinski definition) is 0. The quantitative estimate of drug-likeness (QED) is 0.855. The number of pyridine rings is 1. The standard InChI is InChI=1S/C16H18N2O2/c1-18(11-13-4-6-17-7-5-13)12-14-2-3-15-16(10-14)20-9-8-19-15/h2-7,10H,8-9,11-12H2,1H3. The number of fused-ring (bicyclic) bond motifs is 1. The van der Waals surface area contributed by atoms with E-state index in [1.165, 1.54) is 11.1 Å². The SMILES string of the molecule is CN(Cc1ccncc1)Cc1ccc2c(c1)OCCO2. The number of hydrogen-bond acceptors (Lipinski definition) is 4. The molecular formula is C16H18N2O2. The van der Waals surface area contributed by atoms with Gasteiger partial charge in [-0.2, -0.15) is 0 Å². The minimum absolute atomic E-state index is 0.628. The van der Waals surface area contributed by atoms with Gasteiger partial charge >= 0.3 is 0 Å². The van der Waals surface area contributed by atoms with Crippen molar-refractivity contribution in [3.63, 3.8) is 0 Å². The lowest BCUT2D eigenvalue weighted by Gasteiger charge is -2.21. The molecule has 1 aliphatic heterocycles. The first-order chi connectivity index (χ1) is 9.81. The average Bonchev–Trinajstić information content (AvgIpc) is 2.48. The molecule has 20 heavy (non-hydrogen) atoms. The molecule has 0 aliphatic carbocycles. The Morgan fingerprint density at radius 2 is 1.65 bits per heavy atom. The molecule has 0 saturated heterocycles. The second kappa shape index (κ2) is 5.92. The zero-order valence-corrected chi connectivity index (χ0v) is 11.6. The highest BCUT2D eigenvalue weighted by molar-refractivity contribution is 5.43. The van der Waals surface area contributed by atoms with Crippen LogP contribution in [0.3, 0.4) is 0 Å². The van der Waals surface area contributed by atoms with Crippen molar-refractivity contribution in [2.45, 2.75) is 13.1 Å². The summed E-state index contributed by atoms with van der Waals surface area (Å²) in [6, 6.07) is 10.2. The summed E-state index contributed by atoms with van der Waals surface area (Å²) in [4.78, 5) is 6.30. The van der Waals surface area contributed by atoms with E-state index < -0.39 is 0 Å². The summed E-state index contributed by atoms with van der Waals surface area (Å²) < 4.78 is 11.1. The van der Waals surface area contributed by atoms with Crippen LogP contribution in [0, 0.1) is 0 Å². The first kappa shape index (κ1) is 12.9. The maximum Gasteiger partial charge on any atom is 0.161 e. The van der Waals surface area contributed by atoms with Crippen molar-refractivity contribution in [2.24, 2.45) is 0 Å². The molecular weight excluding hydrogens is 252 g/mol. The van der Waals surface area contributed by atoms with Gasteiger partial charge in [-0.05, 0) is 42.4 Å². The van der Waals surface area contributed by atoms with E-state index >= 15 is 0 Å². The summed E-state index contributed by atoms with van der Waals surface area (Å²) >= 11 is 0. The van der Waals surface area contributed by atoms with Gasteiger partial charge in [-0.25, -0.2) is 0 Å². The van der Waals surface area contributed by atoms with E-state index in [9.17, 15) is 0 Å². The van der Waals surface area contributed by atoms with E-state index in [0.717, 1.165) is 24.6 Å². The topological polar surface area (TPSA) is 34.6 Å². The fourth-order valence-corrected chi connectivity index (χ4v) is 2.35. The van der Waals surface area contributed by atoms with Gasteiger partial charge in [-0.1, -0.05) is 6.07 Å². The van der Waals surface area contributed by atoms with Crippen LogP contribution in [0.5, 0.6) is 11.5 Å². The summed E-state index contributed by atoms with van der Waals surface area (Å²) in [6.45, 7) is 3.04. The molecule has 0 spiro atoms. The molecule has 0 amide bonds. The summed E-state index contributed by atoms with van der Waals surface area (Å²) in [6.07, 6.45) is 3.65. The minimum atomic E-state index is 0.628. The van der Waals surface area contributed by atoms with Crippen LogP contribution in [0.2, 0.25) is 0 Å². The highest BCUT2D eigenvalue weighted by atomic mass is 16.6. The summed E-state index contributed by atoms with van der Waals surface area (Å²) in [5.74, 6) is 1.70. The third kappa shape index (κ3) is 3.08. The van der Waals surface area contributed by atoms with Crippen molar-refractivity contribution in [2.75, 3.05) is 20.3 Å². The summed E-state index contributed by atoms with van der Waals surface area (Å²) in [5.41, 5.74) is 2.49. The predicted molar refractivity (Wildman–Crippen MR) is 76.8 cm³/mol. The van der Waals surface area contributed by atoms with Crippen LogP contribution in [0.15, 0.2) is 42.7 Å². The highest BCUT2D eigenvalue weighted by Gasteiger charge is 2.12. The largest absolute Gasteiger partial charge is 0.486 e. The molecule has 0 bridgehead atoms. The molecule has 2 heterocycles. The van der Waals surface area contributed by atoms with Gasteiger partial charge in [0.05, 0.1) is 0 Å². The molecule has 104 valence electrons. The van der Waals surface area contributed by atoms with Gasteiger partial charge in [0, 0.05) is 25.5 Å². The van der Waals surface area contributed by atoms with Crippen LogP contribution in [0.1, 0.15) is 11.1 Å². The Labute approximate surface area is 119 Å². The van der Waals surface area contributed by atoms with Crippen LogP contribution >= 0.6 is 0 Å². The molecule has 0 radical (unpaired) electrons. The lowest BCUT2D eigenvalue weighted by atomic mass is 10.1. The van der Waals surface area contributed by atoms with Crippen LogP contribution in [-0.2, 0) is 13.1 Å². The Bertz CT molecular complexity index is 572. The maximum absolute atomic E-state index is 5.61. The van der Waals surface area contributed by atoms with Crippen LogP contribution in [0.25, 0.3) is 0 Å². The summed E-state index contributed by atoms with van der Waals surface area (Å²) in [7, 11) is 2.11. The second-order valence-corrected chi connectivity index (χ2v) is 5.01. The van der Waals surface area contributed by atoms with Gasteiger partial charge < -0.3 is 9.47 Å². The van der Waals surface area contributed by atoms with Gasteiger partial charge in [0.2, 0.25) is 0 Å². The average molecular weight is 270 g/mol. The third-order valence-electron chi connectivity index (χ3n) is 3.26. The highest BCUT2D eigenvalue weighted by Crippen LogP contribution is 2.31. The van der Waals surface area contributed by atoms with E-state index in [1.54, 1.807) is 0 Å². The Balaban J connectivity index is 1.65. The first-order valence-electron chi connectivity index (χ1n) is 6.77. The van der Waals surface area contributed by atoms with Gasteiger partial charge in [0.25, 0.3) is 0 Å². The molecule has 0 atom stereocenters. The van der Waals surface area contributed by atoms with Gasteiger partial charge in [0.1, 0.15) is 13.2 Å². The maximum atomic E-state index is 5.61. The van der Waals surface area contributed by atoms with E-state index in [2.05, 4.69) is 29.1 Å². The van der Waals surface area contributed by atoms with Crippen molar-refractivity contribution in [3.05, 3.63) is 53.9 Å². The smallest absolute Gasteiger partial charge is 0.161 e. The Morgan fingerprint density at radius 1 is 0.950 bits per heavy atom. The van der Waals surface area contributed by atoms with E-state index in [1.807, 2.05) is 30.6 Å². The van der Waals surface area contributed by atoms with E-state index in [0.29, 0.717) is 13.2 Å². The number of benzene rings is 1. The fraction of sp³-hybridized carbons (Fsp3) is 0.312. The van der Waals surface area contributed by atoms with Crippen molar-refractivity contribution < 1.29 is 9.47 Å². The lowest BCUT2D eigenvalue weighted by molar-refractivity contribution is 0.171. The van der Waals surface area contributed by atoms with E-state index in [4.69, 9.17) is 9.47 Å². The van der Waals surface area contributed by atoms with Crippen molar-refractivity contribution in [1.82, 2.24) is 9.88 Å². The molecule has 0 saturated carbocycles. The van der Waals surface area contributed by atoms with Crippen LogP contribution in [0.4, 0.5) is 0 Å². The lowest BCUT2D eigenvalue weighted by Crippen LogP contribution is -2.18. The van der Waals surface area contributed by atoms with Crippen molar-refractivity contribution >= 4 is 0 Å². The summed E-state index contributed by atoms with van der Waals surface area (Å²) in [5, 5.41) is 0. The number of aromatic nitrogens is 1. The zero-order chi connectivity index (χ0) is 13.8. The molecule has 0 N–H and O–H groups in total. The number of ether oxygens (including phenoxy) is 2. The number of rotatable bonds is 4. The zero-order valence-electron chi connectivity index (χ0n) is 11.6. The van der Waals surface area contributed by atoms with Crippen LogP contribution < -0.4 is 9.47 Å². The van der Waals surface area contributed by atoms with Gasteiger partial charge in [-0.15, -0.1) is 0 Å². The number of nitrogens with zero attached hydrogens (tertiary/aromatic N) is 2. The first-order valence-corrected chi connectivity index (χ1v) is 6.77. The predicted octanol–water partition coefficient (Wildman–Crippen LogP) is 2.48. The Hall–Kier alpha value is -2.07. The molecule has 4 heteroatoms. The molecule has 3 rings (SSSR count). The van der Waals surface area contributed by atoms with Gasteiger partial charge in [0.15, 0.2) is 11.5 Å². The Morgan fingerprint density at radius 3 is 2.45 bits per heavy atom. The Kier molecular flexibility index (Phi) is 3.83. The van der Waals surface area contributed by atoms with Crippen molar-refractivity contribution in [1.29, 1.82) is 0 Å². The molecule has 2 aromatic rings. The minimum Gasteiger partial charge on any atom is -0.486 e. The normalized spacial score (nSPS) is 13.5. The molecule has 4 nitrogen and oxygen atoms in total. The second-order valence-electron chi connectivity index (χ2n) is 5.01. The molecule has 0 unspecified atom stereocenters. The molecule has 0 fully saturated rings. The monoisotopic (exact) mass is 270 g/mol. The third-order valence-corrected chi connectivity index (χ3v) is 3.26. The van der Waals surface area contributed by atoms with Crippen LogP contribution in [-0.4, -0.2) is 30.1 Å².